The summed E-state index contributed by atoms with van der Waals surface area (Å²) in [4.78, 5) is 9.03. The van der Waals surface area contributed by atoms with E-state index in [-0.39, 0.29) is 24.0 Å². The molecule has 1 aliphatic rings. The van der Waals surface area contributed by atoms with Crippen molar-refractivity contribution in [2.24, 2.45) is 4.99 Å². The number of aromatic nitrogens is 1. The van der Waals surface area contributed by atoms with Crippen molar-refractivity contribution in [2.45, 2.75) is 44.0 Å². The molecule has 1 aromatic rings. The number of guanidine groups is 1. The molecule has 2 N–H and O–H groups in total. The van der Waals surface area contributed by atoms with Gasteiger partial charge in [-0.05, 0) is 38.5 Å². The summed E-state index contributed by atoms with van der Waals surface area (Å²) < 4.78 is 10.7. The summed E-state index contributed by atoms with van der Waals surface area (Å²) in [7, 11) is 1.66. The third-order valence-corrected chi connectivity index (χ3v) is 5.28. The molecule has 0 aliphatic heterocycles. The van der Waals surface area contributed by atoms with Crippen molar-refractivity contribution in [2.75, 3.05) is 33.1 Å². The normalized spacial score (nSPS) is 19.7. The van der Waals surface area contributed by atoms with E-state index in [0.29, 0.717) is 31.7 Å². The van der Waals surface area contributed by atoms with E-state index in [9.17, 15) is 0 Å². The number of pyridine rings is 1. The lowest BCUT2D eigenvalue weighted by molar-refractivity contribution is 0.143. The number of thioether (sulfide) groups is 1. The van der Waals surface area contributed by atoms with Crippen LogP contribution in [0.25, 0.3) is 0 Å². The molecule has 2 atom stereocenters. The Hall–Kier alpha value is -0.740. The van der Waals surface area contributed by atoms with Gasteiger partial charge in [0.05, 0.1) is 13.2 Å². The van der Waals surface area contributed by atoms with Gasteiger partial charge in [-0.1, -0.05) is 6.07 Å². The molecule has 1 saturated carbocycles. The monoisotopic (exact) mass is 494 g/mol. The minimum atomic E-state index is 0. The van der Waals surface area contributed by atoms with Crippen molar-refractivity contribution in [3.63, 3.8) is 0 Å². The van der Waals surface area contributed by atoms with E-state index < -0.39 is 0 Å². The number of halogens is 1. The molecule has 0 bridgehead atoms. The smallest absolute Gasteiger partial charge is 0.218 e. The van der Waals surface area contributed by atoms with Crippen molar-refractivity contribution >= 4 is 41.7 Å². The fourth-order valence-electron chi connectivity index (χ4n) is 2.86. The maximum atomic E-state index is 5.68. The number of hydrogen-bond acceptors (Lipinski definition) is 5. The molecular formula is C18H31IN4O2S. The molecule has 26 heavy (non-hydrogen) atoms. The van der Waals surface area contributed by atoms with E-state index in [0.717, 1.165) is 23.3 Å². The minimum Gasteiger partial charge on any atom is -0.475 e. The fourth-order valence-corrected chi connectivity index (χ4v) is 3.66. The van der Waals surface area contributed by atoms with Crippen molar-refractivity contribution in [3.8, 4) is 5.88 Å². The zero-order chi connectivity index (χ0) is 17.9. The van der Waals surface area contributed by atoms with Crippen molar-refractivity contribution in [1.29, 1.82) is 0 Å². The lowest BCUT2D eigenvalue weighted by Gasteiger charge is -2.17. The average molecular weight is 494 g/mol. The number of ether oxygens (including phenoxy) is 2. The Bertz CT molecular complexity index is 548. The maximum absolute atomic E-state index is 5.68. The Morgan fingerprint density at radius 3 is 2.92 bits per heavy atom. The highest BCUT2D eigenvalue weighted by Crippen LogP contribution is 2.28. The van der Waals surface area contributed by atoms with Gasteiger partial charge in [-0.2, -0.15) is 11.8 Å². The molecule has 1 aromatic heterocycles. The van der Waals surface area contributed by atoms with E-state index in [1.807, 2.05) is 23.9 Å². The van der Waals surface area contributed by atoms with Crippen LogP contribution in [0.5, 0.6) is 5.88 Å². The number of hydrogen-bond donors (Lipinski definition) is 2. The first-order valence-corrected chi connectivity index (χ1v) is 10.2. The molecule has 1 fully saturated rings. The quantitative estimate of drug-likeness (QED) is 0.238. The molecule has 2 rings (SSSR count). The van der Waals surface area contributed by atoms with E-state index in [2.05, 4.69) is 28.8 Å². The van der Waals surface area contributed by atoms with Crippen molar-refractivity contribution in [3.05, 3.63) is 23.9 Å². The van der Waals surface area contributed by atoms with Gasteiger partial charge < -0.3 is 20.1 Å². The molecule has 0 radical (unpaired) electrons. The molecule has 0 aromatic carbocycles. The van der Waals surface area contributed by atoms with Gasteiger partial charge in [-0.25, -0.2) is 9.98 Å². The number of nitrogens with zero attached hydrogens (tertiary/aromatic N) is 2. The highest BCUT2D eigenvalue weighted by atomic mass is 127. The van der Waals surface area contributed by atoms with E-state index in [1.54, 1.807) is 13.3 Å². The second kappa shape index (κ2) is 13.4. The van der Waals surface area contributed by atoms with Crippen LogP contribution in [0.15, 0.2) is 23.3 Å². The molecule has 1 heterocycles. The Kier molecular flexibility index (Phi) is 12.0. The van der Waals surface area contributed by atoms with Gasteiger partial charge >= 0.3 is 0 Å². The van der Waals surface area contributed by atoms with Crippen LogP contribution >= 0.6 is 35.7 Å². The first-order chi connectivity index (χ1) is 12.3. The third-order valence-electron chi connectivity index (χ3n) is 4.19. The third kappa shape index (κ3) is 7.87. The van der Waals surface area contributed by atoms with Gasteiger partial charge in [0.1, 0.15) is 6.61 Å². The molecule has 8 heteroatoms. The highest BCUT2D eigenvalue weighted by molar-refractivity contribution is 14.0. The van der Waals surface area contributed by atoms with Crippen LogP contribution in [-0.4, -0.2) is 55.4 Å². The van der Waals surface area contributed by atoms with Gasteiger partial charge in [-0.3, -0.25) is 0 Å². The summed E-state index contributed by atoms with van der Waals surface area (Å²) in [6, 6.07) is 4.41. The van der Waals surface area contributed by atoms with E-state index >= 15 is 0 Å². The van der Waals surface area contributed by atoms with Crippen LogP contribution in [0, 0.1) is 0 Å². The van der Waals surface area contributed by atoms with E-state index in [1.165, 1.54) is 19.3 Å². The van der Waals surface area contributed by atoms with Gasteiger partial charge in [0, 0.05) is 36.7 Å². The summed E-state index contributed by atoms with van der Waals surface area (Å²) in [5.74, 6) is 1.49. The number of rotatable bonds is 9. The Balaban J connectivity index is 0.00000338. The van der Waals surface area contributed by atoms with Gasteiger partial charge in [-0.15, -0.1) is 24.0 Å². The van der Waals surface area contributed by atoms with Gasteiger partial charge in [0.25, 0.3) is 0 Å². The van der Waals surface area contributed by atoms with Crippen molar-refractivity contribution in [1.82, 2.24) is 15.6 Å². The zero-order valence-electron chi connectivity index (χ0n) is 15.9. The predicted molar refractivity (Wildman–Crippen MR) is 120 cm³/mol. The molecule has 2 unspecified atom stereocenters. The molecule has 0 amide bonds. The number of methoxy groups -OCH3 is 1. The Morgan fingerprint density at radius 1 is 1.38 bits per heavy atom. The lowest BCUT2D eigenvalue weighted by Crippen LogP contribution is -2.42. The summed E-state index contributed by atoms with van der Waals surface area (Å²) in [6.07, 6.45) is 7.61. The second-order valence-corrected chi connectivity index (χ2v) is 7.15. The van der Waals surface area contributed by atoms with Crippen LogP contribution in [0.1, 0.15) is 31.7 Å². The fraction of sp³-hybridized carbons (Fsp3) is 0.667. The molecule has 0 saturated heterocycles. The molecular weight excluding hydrogens is 463 g/mol. The molecule has 148 valence electrons. The highest BCUT2D eigenvalue weighted by Gasteiger charge is 2.24. The van der Waals surface area contributed by atoms with Crippen LogP contribution in [0.3, 0.4) is 0 Å². The summed E-state index contributed by atoms with van der Waals surface area (Å²) in [5, 5.41) is 7.67. The SMILES string of the molecule is CCNC(=NCc1cccnc1OCCOC)NC1CCC(SC)C1.I. The standard InChI is InChI=1S/C18H30N4O2S.HI/c1-4-19-18(22-15-7-8-16(12-15)25-3)21-13-14-6-5-9-20-17(14)24-11-10-23-2;/h5-6,9,15-16H,4,7-8,10-13H2,1-3H3,(H2,19,21,22);1H. The first-order valence-electron chi connectivity index (χ1n) is 8.90. The summed E-state index contributed by atoms with van der Waals surface area (Å²) in [6.45, 7) is 4.49. The summed E-state index contributed by atoms with van der Waals surface area (Å²) >= 11 is 1.96. The second-order valence-electron chi connectivity index (χ2n) is 6.02. The maximum Gasteiger partial charge on any atom is 0.218 e. The Morgan fingerprint density at radius 2 is 2.23 bits per heavy atom. The lowest BCUT2D eigenvalue weighted by atomic mass is 10.2. The Labute approximate surface area is 178 Å². The minimum absolute atomic E-state index is 0. The summed E-state index contributed by atoms with van der Waals surface area (Å²) in [5.41, 5.74) is 0.976. The predicted octanol–water partition coefficient (Wildman–Crippen LogP) is 3.06. The van der Waals surface area contributed by atoms with E-state index in [4.69, 9.17) is 14.5 Å². The topological polar surface area (TPSA) is 67.8 Å². The van der Waals surface area contributed by atoms with Crippen molar-refractivity contribution < 1.29 is 9.47 Å². The van der Waals surface area contributed by atoms with Crippen LogP contribution in [0.2, 0.25) is 0 Å². The zero-order valence-corrected chi connectivity index (χ0v) is 19.0. The first kappa shape index (κ1) is 23.3. The number of nitrogens with one attached hydrogen (secondary N) is 2. The van der Waals surface area contributed by atoms with Crippen LogP contribution < -0.4 is 15.4 Å². The van der Waals surface area contributed by atoms with Crippen LogP contribution in [0.4, 0.5) is 0 Å². The largest absolute Gasteiger partial charge is 0.475 e. The van der Waals surface area contributed by atoms with Gasteiger partial charge in [0.15, 0.2) is 5.96 Å². The molecule has 1 aliphatic carbocycles. The average Bonchev–Trinajstić information content (AvgIpc) is 3.09. The van der Waals surface area contributed by atoms with Gasteiger partial charge in [0.2, 0.25) is 5.88 Å². The van der Waals surface area contributed by atoms with Crippen LogP contribution in [-0.2, 0) is 11.3 Å². The molecule has 0 spiro atoms. The number of aliphatic imine (C=N–C) groups is 1. The molecule has 6 nitrogen and oxygen atoms in total.